The maximum absolute atomic E-state index is 9.51. The molecule has 15 heavy (non-hydrogen) atoms. The average Bonchev–Trinajstić information content (AvgIpc) is 2.13. The molecule has 0 aliphatic carbocycles. The standard InChI is InChI=1S/C7H8BrN.C4H6O2/c1-5-2-3-7(9)6(8)4-5;1-2-3-4(5)6/h2-4H,9H2,1H3;2-3H,1H3,(H,5,6)/b;3-2+. The molecular weight excluding hydrogens is 258 g/mol. The molecule has 0 heterocycles. The molecule has 3 N–H and O–H groups in total. The molecule has 1 rings (SSSR count). The number of rotatable bonds is 1. The first-order valence-electron chi connectivity index (χ1n) is 4.34. The summed E-state index contributed by atoms with van der Waals surface area (Å²) in [7, 11) is 0. The number of carbonyl (C=O) groups is 1. The van der Waals surface area contributed by atoms with Gasteiger partial charge in [-0.1, -0.05) is 12.1 Å². The Kier molecular flexibility index (Phi) is 6.45. The molecule has 1 aromatic carbocycles. The number of hydrogen-bond donors (Lipinski definition) is 2. The van der Waals surface area contributed by atoms with E-state index in [1.165, 1.54) is 11.6 Å². The second-order valence-corrected chi connectivity index (χ2v) is 3.72. The molecule has 4 heteroatoms. The maximum Gasteiger partial charge on any atom is 0.327 e. The molecule has 3 nitrogen and oxygen atoms in total. The molecule has 0 aliphatic rings. The van der Waals surface area contributed by atoms with Crippen molar-refractivity contribution in [3.05, 3.63) is 40.4 Å². The number of hydrogen-bond acceptors (Lipinski definition) is 2. The summed E-state index contributed by atoms with van der Waals surface area (Å²) in [5, 5.41) is 7.83. The van der Waals surface area contributed by atoms with Crippen molar-refractivity contribution in [2.75, 3.05) is 5.73 Å². The van der Waals surface area contributed by atoms with Crippen molar-refractivity contribution in [2.45, 2.75) is 13.8 Å². The van der Waals surface area contributed by atoms with Crippen LogP contribution in [0.15, 0.2) is 34.8 Å². The Morgan fingerprint density at radius 2 is 2.13 bits per heavy atom. The van der Waals surface area contributed by atoms with Crippen molar-refractivity contribution in [2.24, 2.45) is 0 Å². The van der Waals surface area contributed by atoms with Crippen LogP contribution in [0.1, 0.15) is 12.5 Å². The van der Waals surface area contributed by atoms with Gasteiger partial charge in [-0.2, -0.15) is 0 Å². The number of carboxylic acids is 1. The summed E-state index contributed by atoms with van der Waals surface area (Å²) < 4.78 is 0.975. The van der Waals surface area contributed by atoms with Gasteiger partial charge in [0.15, 0.2) is 0 Å². The Balaban J connectivity index is 0.000000288. The van der Waals surface area contributed by atoms with Gasteiger partial charge in [0.1, 0.15) is 0 Å². The Morgan fingerprint density at radius 1 is 1.53 bits per heavy atom. The van der Waals surface area contributed by atoms with E-state index in [1.807, 2.05) is 25.1 Å². The average molecular weight is 272 g/mol. The van der Waals surface area contributed by atoms with Gasteiger partial charge in [0, 0.05) is 16.2 Å². The largest absolute Gasteiger partial charge is 0.478 e. The maximum atomic E-state index is 9.51. The van der Waals surface area contributed by atoms with Crippen LogP contribution >= 0.6 is 15.9 Å². The van der Waals surface area contributed by atoms with Crippen molar-refractivity contribution in [3.8, 4) is 0 Å². The van der Waals surface area contributed by atoms with Gasteiger partial charge in [0.25, 0.3) is 0 Å². The SMILES string of the molecule is C/C=C/C(=O)O.Cc1ccc(N)c(Br)c1. The minimum absolute atomic E-state index is 0.792. The third kappa shape index (κ3) is 6.74. The van der Waals surface area contributed by atoms with Crippen LogP contribution in [0.2, 0.25) is 0 Å². The molecule has 0 aliphatic heterocycles. The second-order valence-electron chi connectivity index (χ2n) is 2.86. The Bertz CT molecular complexity index is 362. The van der Waals surface area contributed by atoms with Gasteiger partial charge in [-0.15, -0.1) is 0 Å². The van der Waals surface area contributed by atoms with Crippen molar-refractivity contribution >= 4 is 27.6 Å². The molecule has 0 atom stereocenters. The van der Waals surface area contributed by atoms with Gasteiger partial charge in [-0.3, -0.25) is 0 Å². The molecule has 82 valence electrons. The molecule has 1 aromatic rings. The highest BCUT2D eigenvalue weighted by molar-refractivity contribution is 9.10. The van der Waals surface area contributed by atoms with Crippen molar-refractivity contribution in [1.29, 1.82) is 0 Å². The molecule has 0 aromatic heterocycles. The molecule has 0 saturated carbocycles. The van der Waals surface area contributed by atoms with E-state index in [0.29, 0.717) is 0 Å². The van der Waals surface area contributed by atoms with Gasteiger partial charge in [0.2, 0.25) is 0 Å². The van der Waals surface area contributed by atoms with E-state index in [4.69, 9.17) is 10.8 Å². The van der Waals surface area contributed by atoms with E-state index in [0.717, 1.165) is 16.2 Å². The molecule has 0 fully saturated rings. The molecule has 0 radical (unpaired) electrons. The number of halogens is 1. The number of benzene rings is 1. The third-order valence-corrected chi connectivity index (χ3v) is 2.15. The van der Waals surface area contributed by atoms with Crippen LogP contribution in [-0.2, 0) is 4.79 Å². The van der Waals surface area contributed by atoms with Crippen LogP contribution in [0, 0.1) is 6.92 Å². The summed E-state index contributed by atoms with van der Waals surface area (Å²) in [5.74, 6) is -0.891. The second kappa shape index (κ2) is 7.06. The molecular formula is C11H14BrNO2. The Morgan fingerprint density at radius 3 is 2.40 bits per heavy atom. The lowest BCUT2D eigenvalue weighted by atomic mass is 10.2. The molecule has 0 bridgehead atoms. The van der Waals surface area contributed by atoms with Crippen LogP contribution in [0.5, 0.6) is 0 Å². The van der Waals surface area contributed by atoms with E-state index >= 15 is 0 Å². The number of aliphatic carboxylic acids is 1. The topological polar surface area (TPSA) is 63.3 Å². The number of nitrogens with two attached hydrogens (primary N) is 1. The lowest BCUT2D eigenvalue weighted by molar-refractivity contribution is -0.131. The zero-order valence-electron chi connectivity index (χ0n) is 8.70. The van der Waals surface area contributed by atoms with Crippen molar-refractivity contribution in [1.82, 2.24) is 0 Å². The van der Waals surface area contributed by atoms with Gasteiger partial charge >= 0.3 is 5.97 Å². The lowest BCUT2D eigenvalue weighted by Crippen LogP contribution is -1.85. The Labute approximate surface area is 97.7 Å². The van der Waals surface area contributed by atoms with Gasteiger partial charge in [-0.25, -0.2) is 4.79 Å². The summed E-state index contributed by atoms with van der Waals surface area (Å²) in [6, 6.07) is 5.87. The lowest BCUT2D eigenvalue weighted by Gasteiger charge is -1.96. The zero-order valence-corrected chi connectivity index (χ0v) is 10.3. The number of carboxylic acid groups (broad SMARTS) is 1. The highest BCUT2D eigenvalue weighted by atomic mass is 79.9. The summed E-state index contributed by atoms with van der Waals surface area (Å²) in [6.45, 7) is 3.69. The van der Waals surface area contributed by atoms with Crippen LogP contribution in [-0.4, -0.2) is 11.1 Å². The molecule has 0 unspecified atom stereocenters. The first-order chi connectivity index (χ1) is 6.97. The molecule has 0 amide bonds. The van der Waals surface area contributed by atoms with Gasteiger partial charge in [0.05, 0.1) is 0 Å². The quantitative estimate of drug-likeness (QED) is 0.610. The fourth-order valence-electron chi connectivity index (χ4n) is 0.775. The van der Waals surface area contributed by atoms with Crippen LogP contribution < -0.4 is 5.73 Å². The third-order valence-electron chi connectivity index (χ3n) is 1.47. The number of nitrogen functional groups attached to an aromatic ring is 1. The highest BCUT2D eigenvalue weighted by Crippen LogP contribution is 2.19. The van der Waals surface area contributed by atoms with E-state index in [-0.39, 0.29) is 0 Å². The smallest absolute Gasteiger partial charge is 0.327 e. The normalized spacial score (nSPS) is 9.53. The minimum Gasteiger partial charge on any atom is -0.478 e. The summed E-state index contributed by atoms with van der Waals surface area (Å²) >= 11 is 3.32. The van der Waals surface area contributed by atoms with Crippen LogP contribution in [0.25, 0.3) is 0 Å². The summed E-state index contributed by atoms with van der Waals surface area (Å²) in [6.07, 6.45) is 2.56. The minimum atomic E-state index is -0.891. The van der Waals surface area contributed by atoms with Gasteiger partial charge in [-0.05, 0) is 47.5 Å². The highest BCUT2D eigenvalue weighted by Gasteiger charge is 1.91. The molecule has 0 spiro atoms. The van der Waals surface area contributed by atoms with E-state index in [2.05, 4.69) is 15.9 Å². The van der Waals surface area contributed by atoms with Crippen molar-refractivity contribution < 1.29 is 9.90 Å². The number of allylic oxidation sites excluding steroid dienone is 1. The number of aryl methyl sites for hydroxylation is 1. The fraction of sp³-hybridized carbons (Fsp3) is 0.182. The number of anilines is 1. The Hall–Kier alpha value is -1.29. The van der Waals surface area contributed by atoms with E-state index in [9.17, 15) is 4.79 Å². The first kappa shape index (κ1) is 13.7. The van der Waals surface area contributed by atoms with E-state index < -0.39 is 5.97 Å². The monoisotopic (exact) mass is 271 g/mol. The summed E-state index contributed by atoms with van der Waals surface area (Å²) in [4.78, 5) is 9.51. The van der Waals surface area contributed by atoms with E-state index in [1.54, 1.807) is 6.92 Å². The first-order valence-corrected chi connectivity index (χ1v) is 5.14. The van der Waals surface area contributed by atoms with Crippen LogP contribution in [0.4, 0.5) is 5.69 Å². The predicted octanol–water partition coefficient (Wildman–Crippen LogP) is 2.99. The zero-order chi connectivity index (χ0) is 11.8. The predicted molar refractivity (Wildman–Crippen MR) is 65.7 cm³/mol. The van der Waals surface area contributed by atoms with Crippen molar-refractivity contribution in [3.63, 3.8) is 0 Å². The summed E-state index contributed by atoms with van der Waals surface area (Å²) in [5.41, 5.74) is 7.55. The van der Waals surface area contributed by atoms with Crippen LogP contribution in [0.3, 0.4) is 0 Å². The molecule has 0 saturated heterocycles. The fourth-order valence-corrected chi connectivity index (χ4v) is 1.27. The van der Waals surface area contributed by atoms with Gasteiger partial charge < -0.3 is 10.8 Å².